The van der Waals surface area contributed by atoms with Crippen molar-refractivity contribution < 1.29 is 27.5 Å². The van der Waals surface area contributed by atoms with Gasteiger partial charge in [-0.1, -0.05) is 0 Å². The van der Waals surface area contributed by atoms with Crippen molar-refractivity contribution in [2.24, 2.45) is 0 Å². The molecule has 0 aliphatic carbocycles. The van der Waals surface area contributed by atoms with E-state index in [1.807, 2.05) is 0 Å². The third-order valence-corrected chi connectivity index (χ3v) is 2.21. The number of nitrogens with zero attached hydrogens (tertiary/aromatic N) is 1. The Morgan fingerprint density at radius 3 is 1.47 bits per heavy atom. The van der Waals surface area contributed by atoms with E-state index >= 15 is 0 Å². The van der Waals surface area contributed by atoms with E-state index < -0.39 is 34.4 Å². The highest BCUT2D eigenvalue weighted by Gasteiger charge is 2.26. The molecule has 98 valence electrons. The van der Waals surface area contributed by atoms with Gasteiger partial charge in [-0.15, -0.1) is 0 Å². The van der Waals surface area contributed by atoms with Crippen molar-refractivity contribution in [3.63, 3.8) is 0 Å². The van der Waals surface area contributed by atoms with E-state index in [-0.39, 0.29) is 16.5 Å². The standard InChI is InChI=1S/C11H14F4N.H2O/c1-6-8(12)10(14)7(5-16(2,3)4)11(15)9(6)13;/h5H2,1-4H3;1H2/q+1;/p-1. The molecule has 1 rings (SSSR count). The second-order valence-corrected chi connectivity index (χ2v) is 4.81. The summed E-state index contributed by atoms with van der Waals surface area (Å²) in [6, 6.07) is 0. The molecule has 1 N–H and O–H groups in total. The fraction of sp³-hybridized carbons (Fsp3) is 0.455. The SMILES string of the molecule is Cc1c(F)c(F)c(C[N+](C)(C)C)c(F)c1F.[OH-]. The van der Waals surface area contributed by atoms with Crippen molar-refractivity contribution in [3.8, 4) is 0 Å². The first kappa shape index (κ1) is 15.9. The molecule has 1 aromatic carbocycles. The molecular formula is C11H15F4NO. The summed E-state index contributed by atoms with van der Waals surface area (Å²) in [5.41, 5.74) is -1.17. The van der Waals surface area contributed by atoms with Gasteiger partial charge in [0.05, 0.1) is 26.7 Å². The van der Waals surface area contributed by atoms with Crippen LogP contribution in [0.4, 0.5) is 17.6 Å². The molecule has 0 bridgehead atoms. The molecule has 2 nitrogen and oxygen atoms in total. The Bertz CT molecular complexity index is 397. The highest BCUT2D eigenvalue weighted by Crippen LogP contribution is 2.25. The van der Waals surface area contributed by atoms with Gasteiger partial charge in [-0.2, -0.15) is 0 Å². The molecule has 17 heavy (non-hydrogen) atoms. The molecule has 0 aliphatic rings. The van der Waals surface area contributed by atoms with Gasteiger partial charge in [0.1, 0.15) is 6.54 Å². The molecule has 6 heteroatoms. The number of halogens is 4. The van der Waals surface area contributed by atoms with Crippen molar-refractivity contribution in [1.82, 2.24) is 0 Å². The maximum absolute atomic E-state index is 13.4. The molecule has 0 atom stereocenters. The van der Waals surface area contributed by atoms with Gasteiger partial charge >= 0.3 is 0 Å². The molecule has 0 fully saturated rings. The number of hydrogen-bond acceptors (Lipinski definition) is 1. The van der Waals surface area contributed by atoms with Crippen LogP contribution in [0.25, 0.3) is 0 Å². The van der Waals surface area contributed by atoms with Gasteiger partial charge in [-0.25, -0.2) is 17.6 Å². The fourth-order valence-electron chi connectivity index (χ4n) is 1.40. The predicted molar refractivity (Wildman–Crippen MR) is 54.7 cm³/mol. The summed E-state index contributed by atoms with van der Waals surface area (Å²) in [6.45, 7) is 0.887. The average Bonchev–Trinajstić information content (AvgIpc) is 2.17. The zero-order chi connectivity index (χ0) is 12.7. The van der Waals surface area contributed by atoms with Crippen LogP contribution in [0.15, 0.2) is 0 Å². The maximum Gasteiger partial charge on any atom is 0.171 e. The highest BCUT2D eigenvalue weighted by atomic mass is 19.2. The van der Waals surface area contributed by atoms with Crippen LogP contribution in [0, 0.1) is 30.2 Å². The molecule has 0 saturated carbocycles. The molecule has 0 aromatic heterocycles. The third-order valence-electron chi connectivity index (χ3n) is 2.21. The average molecular weight is 253 g/mol. The maximum atomic E-state index is 13.4. The molecule has 0 amide bonds. The highest BCUT2D eigenvalue weighted by molar-refractivity contribution is 5.28. The van der Waals surface area contributed by atoms with Crippen LogP contribution >= 0.6 is 0 Å². The summed E-state index contributed by atoms with van der Waals surface area (Å²) in [4.78, 5) is 0. The van der Waals surface area contributed by atoms with Gasteiger partial charge in [0.15, 0.2) is 23.3 Å². The smallest absolute Gasteiger partial charge is 0.171 e. The Hall–Kier alpha value is -1.14. The lowest BCUT2D eigenvalue weighted by atomic mass is 10.1. The van der Waals surface area contributed by atoms with Gasteiger partial charge in [-0.3, -0.25) is 0 Å². The molecule has 0 spiro atoms. The Morgan fingerprint density at radius 1 is 0.824 bits per heavy atom. The number of rotatable bonds is 2. The van der Waals surface area contributed by atoms with Gasteiger partial charge in [0.2, 0.25) is 0 Å². The summed E-state index contributed by atoms with van der Waals surface area (Å²) in [6.07, 6.45) is 0. The summed E-state index contributed by atoms with van der Waals surface area (Å²) in [5, 5.41) is 0. The second kappa shape index (κ2) is 5.01. The van der Waals surface area contributed by atoms with Crippen LogP contribution in [0.5, 0.6) is 0 Å². The quantitative estimate of drug-likeness (QED) is 0.452. The van der Waals surface area contributed by atoms with Gasteiger partial charge in [0.25, 0.3) is 0 Å². The van der Waals surface area contributed by atoms with E-state index in [0.717, 1.165) is 6.92 Å². The molecule has 0 aliphatic heterocycles. The van der Waals surface area contributed by atoms with E-state index in [1.54, 1.807) is 21.1 Å². The van der Waals surface area contributed by atoms with E-state index in [1.165, 1.54) is 0 Å². The minimum Gasteiger partial charge on any atom is -0.870 e. The molecular weight excluding hydrogens is 238 g/mol. The van der Waals surface area contributed by atoms with Gasteiger partial charge in [0, 0.05) is 5.56 Å². The lowest BCUT2D eigenvalue weighted by Crippen LogP contribution is -2.34. The van der Waals surface area contributed by atoms with Crippen LogP contribution in [-0.4, -0.2) is 31.1 Å². The first-order valence-electron chi connectivity index (χ1n) is 4.77. The zero-order valence-corrected chi connectivity index (χ0v) is 10.1. The van der Waals surface area contributed by atoms with E-state index in [4.69, 9.17) is 0 Å². The molecule has 0 radical (unpaired) electrons. The summed E-state index contributed by atoms with van der Waals surface area (Å²) >= 11 is 0. The topological polar surface area (TPSA) is 30.0 Å². The molecule has 1 aromatic rings. The first-order valence-corrected chi connectivity index (χ1v) is 4.77. The van der Waals surface area contributed by atoms with Crippen LogP contribution in [0.3, 0.4) is 0 Å². The van der Waals surface area contributed by atoms with E-state index in [0.29, 0.717) is 0 Å². The Morgan fingerprint density at radius 2 is 1.18 bits per heavy atom. The van der Waals surface area contributed by atoms with Crippen LogP contribution in [0.2, 0.25) is 0 Å². The third kappa shape index (κ3) is 3.17. The van der Waals surface area contributed by atoms with E-state index in [2.05, 4.69) is 0 Å². The van der Waals surface area contributed by atoms with Gasteiger partial charge < -0.3 is 9.96 Å². The summed E-state index contributed by atoms with van der Waals surface area (Å²) in [7, 11) is 5.03. The number of quaternary nitrogens is 1. The normalized spacial score (nSPS) is 11.3. The Labute approximate surface area is 97.4 Å². The van der Waals surface area contributed by atoms with Crippen molar-refractivity contribution in [3.05, 3.63) is 34.4 Å². The first-order chi connectivity index (χ1) is 7.15. The van der Waals surface area contributed by atoms with Crippen molar-refractivity contribution in [2.75, 3.05) is 21.1 Å². The lowest BCUT2D eigenvalue weighted by Gasteiger charge is -2.24. The van der Waals surface area contributed by atoms with Crippen molar-refractivity contribution >= 4 is 0 Å². The molecule has 0 saturated heterocycles. The molecule has 0 unspecified atom stereocenters. The molecule has 0 heterocycles. The minimum atomic E-state index is -1.32. The van der Waals surface area contributed by atoms with Crippen molar-refractivity contribution in [1.29, 1.82) is 0 Å². The monoisotopic (exact) mass is 253 g/mol. The number of benzene rings is 1. The number of hydrogen-bond donors (Lipinski definition) is 0. The van der Waals surface area contributed by atoms with Crippen molar-refractivity contribution in [2.45, 2.75) is 13.5 Å². The van der Waals surface area contributed by atoms with E-state index in [9.17, 15) is 17.6 Å². The predicted octanol–water partition coefficient (Wildman–Crippen LogP) is 2.58. The lowest BCUT2D eigenvalue weighted by molar-refractivity contribution is -0.884. The zero-order valence-electron chi connectivity index (χ0n) is 10.1. The summed E-state index contributed by atoms with van der Waals surface area (Å²) in [5.74, 6) is -5.24. The Balaban J connectivity index is 0.00000256. The Kier molecular flexibility index (Phi) is 4.68. The fourth-order valence-corrected chi connectivity index (χ4v) is 1.40. The van der Waals surface area contributed by atoms with Crippen LogP contribution < -0.4 is 0 Å². The van der Waals surface area contributed by atoms with Crippen LogP contribution in [-0.2, 0) is 6.54 Å². The summed E-state index contributed by atoms with van der Waals surface area (Å²) < 4.78 is 53.5. The second-order valence-electron chi connectivity index (χ2n) is 4.81. The largest absolute Gasteiger partial charge is 0.870 e. The van der Waals surface area contributed by atoms with Gasteiger partial charge in [-0.05, 0) is 6.92 Å². The minimum absolute atomic E-state index is 0. The van der Waals surface area contributed by atoms with Crippen LogP contribution in [0.1, 0.15) is 11.1 Å².